The van der Waals surface area contributed by atoms with E-state index in [9.17, 15) is 0 Å². The predicted molar refractivity (Wildman–Crippen MR) is 57.4 cm³/mol. The standard InChI is InChI=1S/C10H21N3O/c1-10(2)7-8(10)12-6-4-3-5-9(11)13-14/h8,12,14H,3-7H2,1-2H3,(H2,11,13). The van der Waals surface area contributed by atoms with E-state index >= 15 is 0 Å². The number of unbranched alkanes of at least 4 members (excludes halogenated alkanes) is 1. The molecule has 0 aromatic rings. The molecule has 1 aliphatic carbocycles. The van der Waals surface area contributed by atoms with Crippen molar-refractivity contribution in [2.24, 2.45) is 16.3 Å². The van der Waals surface area contributed by atoms with Crippen LogP contribution in [-0.4, -0.2) is 23.6 Å². The predicted octanol–water partition coefficient (Wildman–Crippen LogP) is 1.29. The lowest BCUT2D eigenvalue weighted by atomic mass is 10.2. The molecule has 0 aromatic heterocycles. The molecule has 0 amide bonds. The fraction of sp³-hybridized carbons (Fsp3) is 0.900. The minimum atomic E-state index is 0.330. The molecule has 0 saturated heterocycles. The van der Waals surface area contributed by atoms with Crippen LogP contribution in [0.2, 0.25) is 0 Å². The lowest BCUT2D eigenvalue weighted by molar-refractivity contribution is 0.316. The first kappa shape index (κ1) is 11.3. The van der Waals surface area contributed by atoms with E-state index < -0.39 is 0 Å². The van der Waals surface area contributed by atoms with Crippen LogP contribution >= 0.6 is 0 Å². The van der Waals surface area contributed by atoms with Gasteiger partial charge >= 0.3 is 0 Å². The van der Waals surface area contributed by atoms with E-state index in [1.54, 1.807) is 0 Å². The van der Waals surface area contributed by atoms with Crippen molar-refractivity contribution < 1.29 is 5.21 Å². The van der Waals surface area contributed by atoms with Gasteiger partial charge in [-0.2, -0.15) is 0 Å². The molecule has 0 aliphatic heterocycles. The quantitative estimate of drug-likeness (QED) is 0.198. The highest BCUT2D eigenvalue weighted by Crippen LogP contribution is 2.44. The third kappa shape index (κ3) is 3.54. The zero-order valence-corrected chi connectivity index (χ0v) is 9.08. The number of nitrogens with one attached hydrogen (secondary N) is 1. The first-order chi connectivity index (χ1) is 6.56. The Morgan fingerprint density at radius 2 is 2.21 bits per heavy atom. The lowest BCUT2D eigenvalue weighted by Gasteiger charge is -2.05. The molecule has 0 radical (unpaired) electrons. The topological polar surface area (TPSA) is 70.6 Å². The van der Waals surface area contributed by atoms with Crippen molar-refractivity contribution in [1.82, 2.24) is 5.32 Å². The summed E-state index contributed by atoms with van der Waals surface area (Å²) in [5, 5.41) is 14.7. The van der Waals surface area contributed by atoms with Gasteiger partial charge in [0.25, 0.3) is 0 Å². The van der Waals surface area contributed by atoms with Crippen molar-refractivity contribution in [1.29, 1.82) is 0 Å². The first-order valence-corrected chi connectivity index (χ1v) is 5.26. The van der Waals surface area contributed by atoms with Crippen LogP contribution in [0.15, 0.2) is 5.16 Å². The van der Waals surface area contributed by atoms with Gasteiger partial charge in [-0.05, 0) is 31.2 Å². The molecule has 1 aliphatic rings. The number of hydrogen-bond donors (Lipinski definition) is 3. The Morgan fingerprint density at radius 3 is 2.71 bits per heavy atom. The normalized spacial score (nSPS) is 25.0. The van der Waals surface area contributed by atoms with E-state index in [2.05, 4.69) is 24.3 Å². The van der Waals surface area contributed by atoms with E-state index in [1.807, 2.05) is 0 Å². The first-order valence-electron chi connectivity index (χ1n) is 5.26. The molecule has 4 heteroatoms. The molecule has 14 heavy (non-hydrogen) atoms. The molecule has 4 N–H and O–H groups in total. The molecule has 0 heterocycles. The van der Waals surface area contributed by atoms with Crippen LogP contribution in [0.1, 0.15) is 39.5 Å². The van der Waals surface area contributed by atoms with Gasteiger partial charge < -0.3 is 16.3 Å². The summed E-state index contributed by atoms with van der Waals surface area (Å²) in [5.41, 5.74) is 5.86. The van der Waals surface area contributed by atoms with Crippen molar-refractivity contribution in [3.63, 3.8) is 0 Å². The molecule has 0 aromatic carbocycles. The third-order valence-corrected chi connectivity index (χ3v) is 2.89. The Kier molecular flexibility index (Phi) is 3.75. The van der Waals surface area contributed by atoms with Crippen LogP contribution < -0.4 is 11.1 Å². The lowest BCUT2D eigenvalue weighted by Crippen LogP contribution is -2.22. The highest BCUT2D eigenvalue weighted by atomic mass is 16.4. The summed E-state index contributed by atoms with van der Waals surface area (Å²) in [4.78, 5) is 0. The molecule has 0 bridgehead atoms. The van der Waals surface area contributed by atoms with E-state index in [0.29, 0.717) is 23.7 Å². The van der Waals surface area contributed by atoms with E-state index in [-0.39, 0.29) is 0 Å². The van der Waals surface area contributed by atoms with Gasteiger partial charge in [0.05, 0.1) is 0 Å². The maximum Gasteiger partial charge on any atom is 0.139 e. The van der Waals surface area contributed by atoms with Crippen LogP contribution in [0.4, 0.5) is 0 Å². The Balaban J connectivity index is 1.91. The van der Waals surface area contributed by atoms with E-state index in [1.165, 1.54) is 6.42 Å². The van der Waals surface area contributed by atoms with Gasteiger partial charge in [-0.1, -0.05) is 19.0 Å². The van der Waals surface area contributed by atoms with Crippen LogP contribution in [-0.2, 0) is 0 Å². The van der Waals surface area contributed by atoms with Gasteiger partial charge in [0.15, 0.2) is 0 Å². The summed E-state index contributed by atoms with van der Waals surface area (Å²) in [5.74, 6) is 0.330. The molecule has 1 saturated carbocycles. The summed E-state index contributed by atoms with van der Waals surface area (Å²) >= 11 is 0. The maximum absolute atomic E-state index is 8.31. The highest BCUT2D eigenvalue weighted by Gasteiger charge is 2.44. The van der Waals surface area contributed by atoms with Crippen LogP contribution in [0, 0.1) is 5.41 Å². The number of hydrogen-bond acceptors (Lipinski definition) is 3. The summed E-state index contributed by atoms with van der Waals surface area (Å²) in [6, 6.07) is 0.700. The Labute approximate surface area is 85.6 Å². The molecule has 4 nitrogen and oxygen atoms in total. The molecule has 1 atom stereocenters. The minimum absolute atomic E-state index is 0.330. The van der Waals surface area contributed by atoms with Crippen molar-refractivity contribution >= 4 is 5.84 Å². The number of nitrogens with zero attached hydrogens (tertiary/aromatic N) is 1. The summed E-state index contributed by atoms with van der Waals surface area (Å²) in [6.07, 6.45) is 4.04. The van der Waals surface area contributed by atoms with Crippen molar-refractivity contribution in [2.45, 2.75) is 45.6 Å². The average Bonchev–Trinajstić information content (AvgIpc) is 2.73. The molecule has 0 spiro atoms. The van der Waals surface area contributed by atoms with Crippen molar-refractivity contribution in [3.8, 4) is 0 Å². The summed E-state index contributed by atoms with van der Waals surface area (Å²) in [7, 11) is 0. The Morgan fingerprint density at radius 1 is 1.57 bits per heavy atom. The number of amidine groups is 1. The molecule has 1 rings (SSSR count). The monoisotopic (exact) mass is 199 g/mol. The molecule has 1 fully saturated rings. The number of rotatable bonds is 6. The molecule has 82 valence electrons. The van der Waals surface area contributed by atoms with Gasteiger partial charge in [-0.15, -0.1) is 0 Å². The van der Waals surface area contributed by atoms with Gasteiger partial charge in [0.2, 0.25) is 0 Å². The largest absolute Gasteiger partial charge is 0.409 e. The fourth-order valence-electron chi connectivity index (χ4n) is 1.57. The van der Waals surface area contributed by atoms with Gasteiger partial charge in [0.1, 0.15) is 5.84 Å². The smallest absolute Gasteiger partial charge is 0.139 e. The zero-order valence-electron chi connectivity index (χ0n) is 9.08. The second-order valence-electron chi connectivity index (χ2n) is 4.75. The number of nitrogens with two attached hydrogens (primary N) is 1. The van der Waals surface area contributed by atoms with Gasteiger partial charge in [0, 0.05) is 12.5 Å². The van der Waals surface area contributed by atoms with E-state index in [0.717, 1.165) is 19.4 Å². The fourth-order valence-corrected chi connectivity index (χ4v) is 1.57. The third-order valence-electron chi connectivity index (χ3n) is 2.89. The van der Waals surface area contributed by atoms with Crippen LogP contribution in [0.3, 0.4) is 0 Å². The van der Waals surface area contributed by atoms with Crippen LogP contribution in [0.25, 0.3) is 0 Å². The Hall–Kier alpha value is -0.770. The Bertz CT molecular complexity index is 213. The molecular weight excluding hydrogens is 178 g/mol. The average molecular weight is 199 g/mol. The van der Waals surface area contributed by atoms with Gasteiger partial charge in [-0.25, -0.2) is 0 Å². The minimum Gasteiger partial charge on any atom is -0.409 e. The number of oxime groups is 1. The SMILES string of the molecule is CC1(C)CC1NCCCCC(N)=NO. The highest BCUT2D eigenvalue weighted by molar-refractivity contribution is 5.79. The van der Waals surface area contributed by atoms with Crippen molar-refractivity contribution in [2.75, 3.05) is 6.54 Å². The summed E-state index contributed by atoms with van der Waals surface area (Å²) in [6.45, 7) is 5.59. The van der Waals surface area contributed by atoms with Crippen LogP contribution in [0.5, 0.6) is 0 Å². The molecule has 1 unspecified atom stereocenters. The molecular formula is C10H21N3O. The van der Waals surface area contributed by atoms with E-state index in [4.69, 9.17) is 10.9 Å². The second-order valence-corrected chi connectivity index (χ2v) is 4.75. The summed E-state index contributed by atoms with van der Waals surface area (Å²) < 4.78 is 0. The van der Waals surface area contributed by atoms with Gasteiger partial charge in [-0.3, -0.25) is 0 Å². The second kappa shape index (κ2) is 4.64. The maximum atomic E-state index is 8.31. The van der Waals surface area contributed by atoms with Crippen molar-refractivity contribution in [3.05, 3.63) is 0 Å². The zero-order chi connectivity index (χ0) is 10.6.